The number of ether oxygens (including phenoxy) is 2. The van der Waals surface area contributed by atoms with Gasteiger partial charge in [-0.1, -0.05) is 0 Å². The van der Waals surface area contributed by atoms with Crippen LogP contribution >= 0.6 is 0 Å². The van der Waals surface area contributed by atoms with Gasteiger partial charge < -0.3 is 28.7 Å². The molecule has 0 saturated carbocycles. The van der Waals surface area contributed by atoms with Crippen LogP contribution in [0.2, 0.25) is 0 Å². The van der Waals surface area contributed by atoms with E-state index in [9.17, 15) is 9.59 Å². The first kappa shape index (κ1) is 22.3. The van der Waals surface area contributed by atoms with Crippen LogP contribution in [0.25, 0.3) is 0 Å². The van der Waals surface area contributed by atoms with Gasteiger partial charge in [0, 0.05) is 32.1 Å². The first-order chi connectivity index (χ1) is 16.1. The van der Waals surface area contributed by atoms with Crippen molar-refractivity contribution in [3.63, 3.8) is 0 Å². The van der Waals surface area contributed by atoms with E-state index in [1.165, 1.54) is 19.0 Å². The first-order valence-corrected chi connectivity index (χ1v) is 10.7. The van der Waals surface area contributed by atoms with E-state index < -0.39 is 0 Å². The van der Waals surface area contributed by atoms with E-state index >= 15 is 0 Å². The molecule has 174 valence electrons. The van der Waals surface area contributed by atoms with Gasteiger partial charge in [-0.15, -0.1) is 0 Å². The molecular weight excluding hydrogens is 428 g/mol. The van der Waals surface area contributed by atoms with Gasteiger partial charge >= 0.3 is 0 Å². The van der Waals surface area contributed by atoms with Crippen LogP contribution in [0.15, 0.2) is 40.5 Å². The second-order valence-electron chi connectivity index (χ2n) is 7.61. The van der Waals surface area contributed by atoms with E-state index in [1.807, 2.05) is 6.07 Å². The molecule has 5 rings (SSSR count). The summed E-state index contributed by atoms with van der Waals surface area (Å²) in [5.41, 5.74) is 2.79. The average molecular weight is 454 g/mol. The predicted octanol–water partition coefficient (Wildman–Crippen LogP) is 1.66. The second-order valence-corrected chi connectivity index (χ2v) is 7.61. The molecular formula is C22H26N6O5. The molecule has 0 unspecified atom stereocenters. The van der Waals surface area contributed by atoms with E-state index in [0.29, 0.717) is 29.4 Å². The van der Waals surface area contributed by atoms with Crippen LogP contribution in [-0.4, -0.2) is 64.6 Å². The molecule has 11 heteroatoms. The number of pyridine rings is 1. The molecule has 3 aromatic heterocycles. The number of methoxy groups -OCH3 is 2. The Labute approximate surface area is 190 Å². The van der Waals surface area contributed by atoms with Gasteiger partial charge in [0.15, 0.2) is 17.8 Å². The van der Waals surface area contributed by atoms with Crippen LogP contribution in [0.4, 0.5) is 5.69 Å². The predicted molar refractivity (Wildman–Crippen MR) is 119 cm³/mol. The third-order valence-corrected chi connectivity index (χ3v) is 5.63. The van der Waals surface area contributed by atoms with Gasteiger partial charge in [0.2, 0.25) is 0 Å². The fourth-order valence-corrected chi connectivity index (χ4v) is 3.87. The van der Waals surface area contributed by atoms with Crippen LogP contribution in [0, 0.1) is 0 Å². The SMILES string of the molecule is COc1cc(N2CCc3nc[nH]c(=O)c3C2)cnc1OC.O=C(c1cocn1)N1CCCC1. The van der Waals surface area contributed by atoms with E-state index in [4.69, 9.17) is 13.9 Å². The third-order valence-electron chi connectivity index (χ3n) is 5.63. The standard InChI is InChI=1S/C14H16N4O3.C8H10N2O2/c1-20-12-5-9(6-15-14(12)21-2)18-4-3-11-10(7-18)13(19)17-8-16-11;11-8(7-5-12-6-9-7)10-3-1-2-4-10/h5-6,8H,3-4,7H2,1-2H3,(H,16,17,19);5-6H,1-4H2. The minimum absolute atomic E-state index is 0.0127. The number of nitrogens with zero attached hydrogens (tertiary/aromatic N) is 5. The molecule has 0 spiro atoms. The number of carbonyl (C=O) groups excluding carboxylic acids is 1. The number of nitrogens with one attached hydrogen (secondary N) is 1. The van der Waals surface area contributed by atoms with Crippen molar-refractivity contribution in [3.8, 4) is 11.6 Å². The maximum Gasteiger partial charge on any atom is 0.275 e. The Bertz CT molecular complexity index is 1140. The molecule has 0 bridgehead atoms. The molecule has 2 aliphatic rings. The van der Waals surface area contributed by atoms with Crippen molar-refractivity contribution in [3.05, 3.63) is 58.6 Å². The number of likely N-dealkylation sites (tertiary alicyclic amines) is 1. The van der Waals surface area contributed by atoms with Gasteiger partial charge in [0.05, 0.1) is 50.2 Å². The highest BCUT2D eigenvalue weighted by molar-refractivity contribution is 5.92. The molecule has 5 heterocycles. The minimum atomic E-state index is -0.0851. The van der Waals surface area contributed by atoms with E-state index in [-0.39, 0.29) is 11.5 Å². The van der Waals surface area contributed by atoms with Crippen molar-refractivity contribution in [2.24, 2.45) is 0 Å². The summed E-state index contributed by atoms with van der Waals surface area (Å²) < 4.78 is 15.1. The Kier molecular flexibility index (Phi) is 6.86. The summed E-state index contributed by atoms with van der Waals surface area (Å²) in [6.07, 6.45) is 8.77. The van der Waals surface area contributed by atoms with Crippen LogP contribution < -0.4 is 19.9 Å². The second kappa shape index (κ2) is 10.2. The topological polar surface area (TPSA) is 127 Å². The number of aromatic amines is 1. The zero-order valence-electron chi connectivity index (χ0n) is 18.6. The molecule has 0 radical (unpaired) electrons. The lowest BCUT2D eigenvalue weighted by atomic mass is 10.1. The number of hydrogen-bond donors (Lipinski definition) is 1. The van der Waals surface area contributed by atoms with E-state index in [2.05, 4.69) is 24.8 Å². The van der Waals surface area contributed by atoms with Crippen LogP contribution in [0.3, 0.4) is 0 Å². The highest BCUT2D eigenvalue weighted by Crippen LogP contribution is 2.30. The van der Waals surface area contributed by atoms with Crippen LogP contribution in [0.5, 0.6) is 11.6 Å². The highest BCUT2D eigenvalue weighted by Gasteiger charge is 2.22. The number of oxazole rings is 1. The van der Waals surface area contributed by atoms with Crippen molar-refractivity contribution in [2.75, 3.05) is 38.8 Å². The van der Waals surface area contributed by atoms with Gasteiger partial charge in [-0.05, 0) is 12.8 Å². The Hall–Kier alpha value is -3.89. The van der Waals surface area contributed by atoms with Gasteiger partial charge in [0.25, 0.3) is 17.3 Å². The number of fused-ring (bicyclic) bond motifs is 1. The summed E-state index contributed by atoms with van der Waals surface area (Å²) in [6.45, 7) is 2.99. The summed E-state index contributed by atoms with van der Waals surface area (Å²) >= 11 is 0. The zero-order valence-corrected chi connectivity index (χ0v) is 18.6. The lowest BCUT2D eigenvalue weighted by molar-refractivity contribution is 0.0787. The van der Waals surface area contributed by atoms with Crippen molar-refractivity contribution >= 4 is 11.6 Å². The molecule has 0 aliphatic carbocycles. The molecule has 2 aliphatic heterocycles. The van der Waals surface area contributed by atoms with Crippen molar-refractivity contribution < 1.29 is 18.7 Å². The summed E-state index contributed by atoms with van der Waals surface area (Å²) in [4.78, 5) is 42.2. The Morgan fingerprint density at radius 1 is 1.12 bits per heavy atom. The quantitative estimate of drug-likeness (QED) is 0.626. The van der Waals surface area contributed by atoms with Crippen molar-refractivity contribution in [2.45, 2.75) is 25.8 Å². The molecule has 1 N–H and O–H groups in total. The molecule has 1 amide bonds. The Morgan fingerprint density at radius 2 is 1.94 bits per heavy atom. The smallest absolute Gasteiger partial charge is 0.275 e. The number of aromatic nitrogens is 4. The highest BCUT2D eigenvalue weighted by atomic mass is 16.5. The fraction of sp³-hybridized carbons (Fsp3) is 0.409. The van der Waals surface area contributed by atoms with E-state index in [1.54, 1.807) is 25.3 Å². The first-order valence-electron chi connectivity index (χ1n) is 10.7. The summed E-state index contributed by atoms with van der Waals surface area (Å²) in [7, 11) is 3.12. The largest absolute Gasteiger partial charge is 0.491 e. The lowest BCUT2D eigenvalue weighted by Gasteiger charge is -2.29. The maximum atomic E-state index is 11.9. The Balaban J connectivity index is 0.000000183. The maximum absolute atomic E-state index is 11.9. The number of carbonyl (C=O) groups is 1. The van der Waals surface area contributed by atoms with Gasteiger partial charge in [-0.25, -0.2) is 15.0 Å². The Morgan fingerprint density at radius 3 is 2.64 bits per heavy atom. The van der Waals surface area contributed by atoms with Crippen molar-refractivity contribution in [1.82, 2.24) is 24.8 Å². The number of hydrogen-bond acceptors (Lipinski definition) is 9. The van der Waals surface area contributed by atoms with Gasteiger partial charge in [0.1, 0.15) is 6.26 Å². The number of anilines is 1. The lowest BCUT2D eigenvalue weighted by Crippen LogP contribution is -2.35. The minimum Gasteiger partial charge on any atom is -0.491 e. The number of rotatable bonds is 4. The summed E-state index contributed by atoms with van der Waals surface area (Å²) in [6, 6.07) is 1.86. The fourth-order valence-electron chi connectivity index (χ4n) is 3.87. The molecule has 11 nitrogen and oxygen atoms in total. The molecule has 1 fully saturated rings. The van der Waals surface area contributed by atoms with Gasteiger partial charge in [-0.3, -0.25) is 9.59 Å². The molecule has 33 heavy (non-hydrogen) atoms. The van der Waals surface area contributed by atoms with Gasteiger partial charge in [-0.2, -0.15) is 0 Å². The average Bonchev–Trinajstić information content (AvgIpc) is 3.59. The normalized spacial score (nSPS) is 14.8. The number of H-pyrrole nitrogens is 1. The molecule has 0 atom stereocenters. The molecule has 1 saturated heterocycles. The third kappa shape index (κ3) is 4.97. The molecule has 3 aromatic rings. The summed E-state index contributed by atoms with van der Waals surface area (Å²) in [5.74, 6) is 1.00. The zero-order chi connectivity index (χ0) is 23.2. The number of amides is 1. The van der Waals surface area contributed by atoms with E-state index in [0.717, 1.165) is 50.3 Å². The van der Waals surface area contributed by atoms with Crippen LogP contribution in [0.1, 0.15) is 34.6 Å². The summed E-state index contributed by atoms with van der Waals surface area (Å²) in [5, 5.41) is 0. The monoisotopic (exact) mass is 454 g/mol. The molecule has 0 aromatic carbocycles. The van der Waals surface area contributed by atoms with Crippen molar-refractivity contribution in [1.29, 1.82) is 0 Å². The van der Waals surface area contributed by atoms with Crippen LogP contribution in [-0.2, 0) is 13.0 Å².